The quantitative estimate of drug-likeness (QED) is 0.393. The number of hydrogen-bond acceptors (Lipinski definition) is 4. The second-order valence-corrected chi connectivity index (χ2v) is 1.19. The molecule has 0 amide bonds. The van der Waals surface area contributed by atoms with Gasteiger partial charge in [0.05, 0.1) is 14.9 Å². The molecule has 0 saturated carbocycles. The standard InChI is InChI=1S/ClHO4.3HI/c2-1(3,4)5;;;/h(H,2,3,4,5);3*1H. The van der Waals surface area contributed by atoms with Gasteiger partial charge in [-0.25, -0.2) is 0 Å². The van der Waals surface area contributed by atoms with Gasteiger partial charge in [-0.3, -0.25) is 0 Å². The minimum absolute atomic E-state index is 0. The van der Waals surface area contributed by atoms with Gasteiger partial charge in [-0.2, -0.15) is 14.0 Å². The van der Waals surface area contributed by atoms with Gasteiger partial charge in [-0.15, -0.1) is 71.9 Å². The monoisotopic (exact) mass is 484 g/mol. The van der Waals surface area contributed by atoms with Crippen molar-refractivity contribution in [3.63, 3.8) is 0 Å². The van der Waals surface area contributed by atoms with E-state index in [2.05, 4.69) is 0 Å². The fraction of sp³-hybridized carbons (Fsp3) is 0. The molecule has 0 unspecified atom stereocenters. The SMILES string of the molecule is I.I.I.[O-][Cl+3]([O-])([O-])O. The van der Waals surface area contributed by atoms with Crippen molar-refractivity contribution in [1.29, 1.82) is 0 Å². The van der Waals surface area contributed by atoms with Gasteiger partial charge < -0.3 is 0 Å². The topological polar surface area (TPSA) is 89.4 Å². The molecule has 0 aliphatic rings. The molecule has 1 N–H and O–H groups in total. The summed E-state index contributed by atoms with van der Waals surface area (Å²) < 4.78 is 32.7. The summed E-state index contributed by atoms with van der Waals surface area (Å²) in [4.78, 5) is 0. The van der Waals surface area contributed by atoms with E-state index < -0.39 is 10.2 Å². The highest BCUT2D eigenvalue weighted by Gasteiger charge is 1.98. The highest BCUT2D eigenvalue weighted by atomic mass is 127. The van der Waals surface area contributed by atoms with Crippen LogP contribution in [0.1, 0.15) is 0 Å². The first-order chi connectivity index (χ1) is 2.00. The Bertz CT molecular complexity index is 26.8. The van der Waals surface area contributed by atoms with Crippen LogP contribution >= 0.6 is 71.9 Å². The lowest BCUT2D eigenvalue weighted by Crippen LogP contribution is -2.58. The summed E-state index contributed by atoms with van der Waals surface area (Å²) in [6.07, 6.45) is 0. The third-order valence-corrected chi connectivity index (χ3v) is 0. The highest BCUT2D eigenvalue weighted by molar-refractivity contribution is 14.0. The van der Waals surface area contributed by atoms with E-state index in [0.717, 1.165) is 0 Å². The molecule has 0 rings (SSSR count). The van der Waals surface area contributed by atoms with Crippen LogP contribution in [-0.2, 0) is 0 Å². The van der Waals surface area contributed by atoms with Crippen molar-refractivity contribution in [3.05, 3.63) is 0 Å². The van der Waals surface area contributed by atoms with Crippen LogP contribution in [-0.4, -0.2) is 4.66 Å². The molecule has 0 heterocycles. The minimum Gasteiger partial charge on any atom is -0.183 e. The molecule has 0 radical (unpaired) electrons. The van der Waals surface area contributed by atoms with Gasteiger partial charge >= 0.3 is 0 Å². The lowest BCUT2D eigenvalue weighted by atomic mass is 15.8. The van der Waals surface area contributed by atoms with E-state index >= 15 is 0 Å². The predicted octanol–water partition coefficient (Wildman–Crippen LogP) is -2.27. The van der Waals surface area contributed by atoms with Crippen LogP contribution in [0.3, 0.4) is 0 Å². The third kappa shape index (κ3) is 82.8. The minimum atomic E-state index is -4.69. The molecule has 0 bridgehead atoms. The van der Waals surface area contributed by atoms with Crippen molar-refractivity contribution in [3.8, 4) is 0 Å². The summed E-state index contributed by atoms with van der Waals surface area (Å²) in [5, 5.41) is 0. The van der Waals surface area contributed by atoms with Crippen LogP contribution in [0.4, 0.5) is 0 Å². The molecule has 0 fully saturated rings. The van der Waals surface area contributed by atoms with E-state index in [1.807, 2.05) is 0 Å². The summed E-state index contributed by atoms with van der Waals surface area (Å²) in [6, 6.07) is 0. The number of hydrogen-bond donors (Lipinski definition) is 1. The van der Waals surface area contributed by atoms with Crippen molar-refractivity contribution in [2.45, 2.75) is 0 Å². The van der Waals surface area contributed by atoms with Crippen molar-refractivity contribution in [1.82, 2.24) is 0 Å². The molecule has 0 aromatic rings. The van der Waals surface area contributed by atoms with Gasteiger partial charge in [0.1, 0.15) is 0 Å². The number of halogens is 4. The van der Waals surface area contributed by atoms with Gasteiger partial charge in [-0.1, -0.05) is 0 Å². The van der Waals surface area contributed by atoms with E-state index in [0.29, 0.717) is 0 Å². The summed E-state index contributed by atoms with van der Waals surface area (Å²) in [5.41, 5.74) is 0. The Morgan fingerprint density at radius 3 is 0.875 bits per heavy atom. The zero-order chi connectivity index (χ0) is 4.50. The lowest BCUT2D eigenvalue weighted by molar-refractivity contribution is -1.92. The normalized spacial score (nSPS) is 7.50. The number of rotatable bonds is 0. The molecule has 8 heteroatoms. The third-order valence-electron chi connectivity index (χ3n) is 0. The zero-order valence-corrected chi connectivity index (χ0v) is 11.0. The molecule has 0 spiro atoms. The summed E-state index contributed by atoms with van der Waals surface area (Å²) in [6.45, 7) is 0. The second kappa shape index (κ2) is 9.32. The average molecular weight is 484 g/mol. The Balaban J connectivity index is -0.0000000267. The zero-order valence-electron chi connectivity index (χ0n) is 3.27. The van der Waals surface area contributed by atoms with Crippen LogP contribution in [0, 0.1) is 10.2 Å². The summed E-state index contributed by atoms with van der Waals surface area (Å²) in [5.74, 6) is 0. The van der Waals surface area contributed by atoms with Crippen molar-refractivity contribution in [2.24, 2.45) is 0 Å². The van der Waals surface area contributed by atoms with E-state index in [9.17, 15) is 0 Å². The maximum Gasteiger partial charge on any atom is 0.0777 e. The Labute approximate surface area is 99.4 Å². The largest absolute Gasteiger partial charge is 0.183 e. The molecule has 0 aliphatic heterocycles. The Morgan fingerprint density at radius 1 is 0.875 bits per heavy atom. The maximum absolute atomic E-state index is 8.60. The molecule has 4 nitrogen and oxygen atoms in total. The van der Waals surface area contributed by atoms with Gasteiger partial charge in [-0.05, 0) is 0 Å². The average Bonchev–Trinajstić information content (AvgIpc) is 0.722. The fourth-order valence-electron chi connectivity index (χ4n) is 0. The second-order valence-electron chi connectivity index (χ2n) is 0.396. The maximum atomic E-state index is 8.60. The van der Waals surface area contributed by atoms with Gasteiger partial charge in [0.2, 0.25) is 0 Å². The van der Waals surface area contributed by atoms with E-state index in [-0.39, 0.29) is 71.9 Å². The van der Waals surface area contributed by atoms with Gasteiger partial charge in [0.25, 0.3) is 0 Å². The Kier molecular flexibility index (Phi) is 26.1. The van der Waals surface area contributed by atoms with Crippen molar-refractivity contribution < 1.29 is 28.9 Å². The molecule has 0 saturated heterocycles. The molecule has 0 atom stereocenters. The van der Waals surface area contributed by atoms with Crippen molar-refractivity contribution in [2.75, 3.05) is 0 Å². The molecule has 56 valence electrons. The molecule has 8 heavy (non-hydrogen) atoms. The molecular formula is H4ClI3O4. The fourth-order valence-corrected chi connectivity index (χ4v) is 0. The smallest absolute Gasteiger partial charge is 0.0777 e. The van der Waals surface area contributed by atoms with Gasteiger partial charge in [0.15, 0.2) is 0 Å². The predicted molar refractivity (Wildman–Crippen MR) is 48.5 cm³/mol. The molecule has 0 aromatic heterocycles. The highest BCUT2D eigenvalue weighted by Crippen LogP contribution is 1.60. The lowest BCUT2D eigenvalue weighted by Gasteiger charge is -2.03. The molecular weight excluding hydrogens is 480 g/mol. The summed E-state index contributed by atoms with van der Waals surface area (Å²) >= 11 is 0. The first-order valence-corrected chi connectivity index (χ1v) is 1.90. The Morgan fingerprint density at radius 2 is 0.875 bits per heavy atom. The van der Waals surface area contributed by atoms with Crippen LogP contribution in [0.5, 0.6) is 0 Å². The Hall–Kier alpha value is 2.32. The van der Waals surface area contributed by atoms with Crippen LogP contribution < -0.4 is 14.0 Å². The van der Waals surface area contributed by atoms with Crippen molar-refractivity contribution >= 4 is 71.9 Å². The van der Waals surface area contributed by atoms with Gasteiger partial charge in [0, 0.05) is 0 Å². The molecule has 0 aliphatic carbocycles. The van der Waals surface area contributed by atoms with E-state index in [4.69, 9.17) is 18.6 Å². The first-order valence-electron chi connectivity index (χ1n) is 0.632. The summed E-state index contributed by atoms with van der Waals surface area (Å²) in [7, 11) is -4.69. The first kappa shape index (κ1) is 22.4. The van der Waals surface area contributed by atoms with Crippen LogP contribution in [0.15, 0.2) is 0 Å². The van der Waals surface area contributed by atoms with E-state index in [1.54, 1.807) is 0 Å². The molecule has 0 aromatic carbocycles. The van der Waals surface area contributed by atoms with Crippen LogP contribution in [0.2, 0.25) is 0 Å². The van der Waals surface area contributed by atoms with Crippen LogP contribution in [0.25, 0.3) is 0 Å². The van der Waals surface area contributed by atoms with E-state index in [1.165, 1.54) is 0 Å².